The van der Waals surface area contributed by atoms with Gasteiger partial charge in [-0.1, -0.05) is 6.07 Å². The molecular weight excluding hydrogens is 277 g/mol. The first kappa shape index (κ1) is 13.2. The van der Waals surface area contributed by atoms with Crippen molar-refractivity contribution in [3.05, 3.63) is 35.0 Å². The topological polar surface area (TPSA) is 19.0 Å². The molecule has 2 aliphatic heterocycles. The first-order valence-corrected chi connectivity index (χ1v) is 7.47. The van der Waals surface area contributed by atoms with Gasteiger partial charge in [0.2, 0.25) is 0 Å². The molecule has 5 heteroatoms. The zero-order valence-corrected chi connectivity index (χ0v) is 11.6. The highest BCUT2D eigenvalue weighted by Gasteiger charge is 2.32. The second-order valence-electron chi connectivity index (χ2n) is 6.13. The quantitative estimate of drug-likeness (QED) is 0.784. The van der Waals surface area contributed by atoms with Crippen LogP contribution in [0.5, 0.6) is 0 Å². The van der Waals surface area contributed by atoms with Crippen LogP contribution in [0.4, 0.5) is 13.2 Å². The lowest BCUT2D eigenvalue weighted by molar-refractivity contribution is -0.137. The summed E-state index contributed by atoms with van der Waals surface area (Å²) >= 11 is 0. The minimum Gasteiger partial charge on any atom is -0.358 e. The van der Waals surface area contributed by atoms with E-state index in [1.165, 1.54) is 30.5 Å². The van der Waals surface area contributed by atoms with Crippen LogP contribution in [0.3, 0.4) is 0 Å². The number of nitrogens with zero attached hydrogens (tertiary/aromatic N) is 1. The molecule has 1 fully saturated rings. The third kappa shape index (κ3) is 2.14. The Morgan fingerprint density at radius 1 is 1.19 bits per heavy atom. The molecule has 0 radical (unpaired) electrons. The molecule has 0 bridgehead atoms. The van der Waals surface area contributed by atoms with Crippen LogP contribution in [-0.4, -0.2) is 29.0 Å². The second kappa shape index (κ2) is 4.50. The van der Waals surface area contributed by atoms with Crippen LogP contribution in [0, 0.1) is 0 Å². The van der Waals surface area contributed by atoms with Gasteiger partial charge in [0.25, 0.3) is 0 Å². The lowest BCUT2D eigenvalue weighted by atomic mass is 10.0. The van der Waals surface area contributed by atoms with Gasteiger partial charge in [0.15, 0.2) is 0 Å². The highest BCUT2D eigenvalue weighted by molar-refractivity contribution is 5.85. The van der Waals surface area contributed by atoms with E-state index in [4.69, 9.17) is 0 Å². The molecule has 0 aliphatic carbocycles. The van der Waals surface area contributed by atoms with E-state index < -0.39 is 11.7 Å². The average molecular weight is 294 g/mol. The number of nitrogens with one attached hydrogen (secondary N) is 1. The number of aromatic amines is 1. The second-order valence-corrected chi connectivity index (χ2v) is 6.13. The standard InChI is InChI=1S/C16H17F3N2/c17-16(18,19)10-3-4-12-13-5-7-21-6-1-2-11(21)9-15(13)20-14(12)8-10/h3-4,8,11,20H,1-2,5-7,9H2/t11-/m1/s1. The summed E-state index contributed by atoms with van der Waals surface area (Å²) in [5, 5.41) is 0.958. The highest BCUT2D eigenvalue weighted by Crippen LogP contribution is 2.35. The maximum Gasteiger partial charge on any atom is 0.416 e. The zero-order valence-electron chi connectivity index (χ0n) is 11.6. The van der Waals surface area contributed by atoms with E-state index in [-0.39, 0.29) is 0 Å². The smallest absolute Gasteiger partial charge is 0.358 e. The first-order valence-electron chi connectivity index (χ1n) is 7.47. The Morgan fingerprint density at radius 2 is 2.05 bits per heavy atom. The number of fused-ring (bicyclic) bond motifs is 4. The van der Waals surface area contributed by atoms with Crippen molar-refractivity contribution in [3.63, 3.8) is 0 Å². The summed E-state index contributed by atoms with van der Waals surface area (Å²) in [6.07, 6.45) is 0.0164. The number of hydrogen-bond donors (Lipinski definition) is 1. The molecule has 0 amide bonds. The van der Waals surface area contributed by atoms with E-state index in [9.17, 15) is 13.2 Å². The molecule has 1 aromatic carbocycles. The van der Waals surface area contributed by atoms with Gasteiger partial charge in [-0.05, 0) is 43.5 Å². The van der Waals surface area contributed by atoms with E-state index >= 15 is 0 Å². The normalized spacial score (nSPS) is 23.1. The lowest BCUT2D eigenvalue weighted by Gasteiger charge is -2.20. The minimum atomic E-state index is -4.28. The first-order chi connectivity index (χ1) is 10.0. The van der Waals surface area contributed by atoms with Crippen molar-refractivity contribution >= 4 is 10.9 Å². The highest BCUT2D eigenvalue weighted by atomic mass is 19.4. The van der Waals surface area contributed by atoms with Crippen LogP contribution in [0.1, 0.15) is 29.7 Å². The Morgan fingerprint density at radius 3 is 2.86 bits per heavy atom. The van der Waals surface area contributed by atoms with Crippen molar-refractivity contribution in [2.24, 2.45) is 0 Å². The predicted octanol–water partition coefficient (Wildman–Crippen LogP) is 3.75. The molecule has 1 aromatic heterocycles. The maximum atomic E-state index is 12.8. The number of rotatable bonds is 0. The van der Waals surface area contributed by atoms with Gasteiger partial charge in [-0.3, -0.25) is 4.90 Å². The van der Waals surface area contributed by atoms with E-state index in [1.54, 1.807) is 6.07 Å². The molecule has 3 heterocycles. The predicted molar refractivity (Wildman–Crippen MR) is 75.3 cm³/mol. The summed E-state index contributed by atoms with van der Waals surface area (Å²) in [6.45, 7) is 2.18. The molecule has 1 saturated heterocycles. The molecule has 0 unspecified atom stereocenters. The van der Waals surface area contributed by atoms with E-state index in [0.717, 1.165) is 37.0 Å². The minimum absolute atomic E-state index is 0.557. The molecule has 2 aromatic rings. The number of hydrogen-bond acceptors (Lipinski definition) is 1. The Balaban J connectivity index is 1.78. The largest absolute Gasteiger partial charge is 0.416 e. The molecule has 2 aliphatic rings. The van der Waals surface area contributed by atoms with Gasteiger partial charge in [-0.2, -0.15) is 13.2 Å². The summed E-state index contributed by atoms with van der Waals surface area (Å²) in [5.74, 6) is 0. The summed E-state index contributed by atoms with van der Waals surface area (Å²) in [6, 6.07) is 4.63. The SMILES string of the molecule is FC(F)(F)c1ccc2c3c([nH]c2c1)C[C@H]1CCCN1CC3. The van der Waals surface area contributed by atoms with Crippen molar-refractivity contribution in [1.82, 2.24) is 9.88 Å². The average Bonchev–Trinajstić information content (AvgIpc) is 2.96. The number of benzene rings is 1. The zero-order chi connectivity index (χ0) is 14.6. The molecule has 2 nitrogen and oxygen atoms in total. The van der Waals surface area contributed by atoms with Gasteiger partial charge in [0.05, 0.1) is 5.56 Å². The molecular formula is C16H17F3N2. The van der Waals surface area contributed by atoms with Crippen LogP contribution < -0.4 is 0 Å². The van der Waals surface area contributed by atoms with Gasteiger partial charge in [-0.25, -0.2) is 0 Å². The van der Waals surface area contributed by atoms with Crippen LogP contribution in [0.25, 0.3) is 10.9 Å². The van der Waals surface area contributed by atoms with Crippen molar-refractivity contribution in [2.45, 2.75) is 37.9 Å². The fraction of sp³-hybridized carbons (Fsp3) is 0.500. The number of aromatic nitrogens is 1. The van der Waals surface area contributed by atoms with Gasteiger partial charge in [0, 0.05) is 35.6 Å². The van der Waals surface area contributed by atoms with Crippen molar-refractivity contribution < 1.29 is 13.2 Å². The molecule has 1 atom stereocenters. The van der Waals surface area contributed by atoms with Crippen LogP contribution in [0.15, 0.2) is 18.2 Å². The van der Waals surface area contributed by atoms with Crippen molar-refractivity contribution in [3.8, 4) is 0 Å². The van der Waals surface area contributed by atoms with E-state index in [0.29, 0.717) is 11.6 Å². The maximum absolute atomic E-state index is 12.8. The van der Waals surface area contributed by atoms with Gasteiger partial charge in [0.1, 0.15) is 0 Å². The number of alkyl halides is 3. The Kier molecular flexibility index (Phi) is 2.83. The number of H-pyrrole nitrogens is 1. The molecule has 112 valence electrons. The molecule has 4 rings (SSSR count). The van der Waals surface area contributed by atoms with E-state index in [1.807, 2.05) is 0 Å². The summed E-state index contributed by atoms with van der Waals surface area (Å²) in [7, 11) is 0. The molecule has 0 spiro atoms. The molecule has 0 saturated carbocycles. The van der Waals surface area contributed by atoms with Crippen LogP contribution in [0.2, 0.25) is 0 Å². The Hall–Kier alpha value is -1.49. The third-order valence-corrected chi connectivity index (χ3v) is 4.91. The Bertz CT molecular complexity index is 687. The van der Waals surface area contributed by atoms with Crippen LogP contribution >= 0.6 is 0 Å². The van der Waals surface area contributed by atoms with Gasteiger partial charge < -0.3 is 4.98 Å². The van der Waals surface area contributed by atoms with Gasteiger partial charge >= 0.3 is 6.18 Å². The van der Waals surface area contributed by atoms with E-state index in [2.05, 4.69) is 9.88 Å². The summed E-state index contributed by atoms with van der Waals surface area (Å²) in [5.41, 5.74) is 2.40. The monoisotopic (exact) mass is 294 g/mol. The summed E-state index contributed by atoms with van der Waals surface area (Å²) in [4.78, 5) is 5.77. The fourth-order valence-corrected chi connectivity index (χ4v) is 3.86. The molecule has 21 heavy (non-hydrogen) atoms. The lowest BCUT2D eigenvalue weighted by Crippen LogP contribution is -2.30. The number of halogens is 3. The Labute approximate surface area is 120 Å². The van der Waals surface area contributed by atoms with Crippen LogP contribution in [-0.2, 0) is 19.0 Å². The molecule has 1 N–H and O–H groups in total. The summed E-state index contributed by atoms with van der Waals surface area (Å²) < 4.78 is 38.5. The third-order valence-electron chi connectivity index (χ3n) is 4.91. The fourth-order valence-electron chi connectivity index (χ4n) is 3.86. The van der Waals surface area contributed by atoms with Crippen molar-refractivity contribution in [2.75, 3.05) is 13.1 Å². The van der Waals surface area contributed by atoms with Gasteiger partial charge in [-0.15, -0.1) is 0 Å². The van der Waals surface area contributed by atoms with Crippen molar-refractivity contribution in [1.29, 1.82) is 0 Å².